The van der Waals surface area contributed by atoms with Crippen LogP contribution in [0, 0.1) is 5.92 Å². The molecule has 74 valence electrons. The highest BCUT2D eigenvalue weighted by atomic mass is 19.1. The second-order valence-electron chi connectivity index (χ2n) is 3.68. The number of hydrogen-bond donors (Lipinski definition) is 1. The van der Waals surface area contributed by atoms with E-state index in [1.807, 2.05) is 0 Å². The highest BCUT2D eigenvalue weighted by Crippen LogP contribution is 2.04. The van der Waals surface area contributed by atoms with Crippen LogP contribution in [-0.2, 0) is 0 Å². The first-order chi connectivity index (χ1) is 5.77. The summed E-state index contributed by atoms with van der Waals surface area (Å²) in [6.45, 7) is 6.18. The third kappa shape index (κ3) is 9.89. The van der Waals surface area contributed by atoms with Gasteiger partial charge in [-0.05, 0) is 31.8 Å². The molecule has 0 aromatic heterocycles. The van der Waals surface area contributed by atoms with Gasteiger partial charge < -0.3 is 5.32 Å². The van der Waals surface area contributed by atoms with Gasteiger partial charge in [-0.15, -0.1) is 0 Å². The van der Waals surface area contributed by atoms with Crippen molar-refractivity contribution in [3.8, 4) is 0 Å². The van der Waals surface area contributed by atoms with Crippen LogP contribution >= 0.6 is 0 Å². The monoisotopic (exact) mass is 175 g/mol. The lowest BCUT2D eigenvalue weighted by atomic mass is 10.1. The van der Waals surface area contributed by atoms with Crippen LogP contribution in [0.3, 0.4) is 0 Å². The van der Waals surface area contributed by atoms with Gasteiger partial charge in [-0.2, -0.15) is 0 Å². The maximum absolute atomic E-state index is 11.6. The van der Waals surface area contributed by atoms with E-state index in [-0.39, 0.29) is 6.67 Å². The molecule has 0 unspecified atom stereocenters. The lowest BCUT2D eigenvalue weighted by Crippen LogP contribution is -2.17. The predicted molar refractivity (Wildman–Crippen MR) is 52.2 cm³/mol. The maximum Gasteiger partial charge on any atom is 0.0906 e. The van der Waals surface area contributed by atoms with E-state index in [4.69, 9.17) is 0 Å². The van der Waals surface area contributed by atoms with E-state index in [1.54, 1.807) is 0 Å². The fourth-order valence-corrected chi connectivity index (χ4v) is 1.12. The molecule has 0 bridgehead atoms. The van der Waals surface area contributed by atoms with E-state index in [0.717, 1.165) is 19.0 Å². The molecule has 0 aliphatic rings. The van der Waals surface area contributed by atoms with Crippen molar-refractivity contribution in [2.75, 3.05) is 19.8 Å². The predicted octanol–water partition coefficient (Wildman–Crippen LogP) is 2.76. The molecule has 0 aromatic rings. The number of alkyl halides is 1. The molecule has 1 nitrogen and oxygen atoms in total. The van der Waals surface area contributed by atoms with Crippen molar-refractivity contribution in [2.45, 2.75) is 39.5 Å². The second kappa shape index (κ2) is 8.98. The normalized spacial score (nSPS) is 11.0. The lowest BCUT2D eigenvalue weighted by molar-refractivity contribution is 0.454. The minimum Gasteiger partial charge on any atom is -0.317 e. The topological polar surface area (TPSA) is 12.0 Å². The summed E-state index contributed by atoms with van der Waals surface area (Å²) in [5.74, 6) is 0.816. The fraction of sp³-hybridized carbons (Fsp3) is 1.00. The molecule has 0 rings (SSSR count). The number of nitrogens with one attached hydrogen (secondary N) is 1. The molecule has 1 N–H and O–H groups in total. The molecule has 0 amide bonds. The molecule has 0 aromatic carbocycles. The van der Waals surface area contributed by atoms with Gasteiger partial charge in [0.2, 0.25) is 0 Å². The maximum atomic E-state index is 11.6. The summed E-state index contributed by atoms with van der Waals surface area (Å²) in [6.07, 6.45) is 4.49. The van der Waals surface area contributed by atoms with Gasteiger partial charge >= 0.3 is 0 Å². The van der Waals surface area contributed by atoms with Gasteiger partial charge in [0, 0.05) is 0 Å². The zero-order valence-electron chi connectivity index (χ0n) is 8.41. The summed E-state index contributed by atoms with van der Waals surface area (Å²) < 4.78 is 11.6. The van der Waals surface area contributed by atoms with Crippen molar-refractivity contribution in [3.05, 3.63) is 0 Å². The molecule has 0 saturated heterocycles. The zero-order chi connectivity index (χ0) is 9.23. The van der Waals surface area contributed by atoms with Crippen molar-refractivity contribution in [2.24, 2.45) is 5.92 Å². The highest BCUT2D eigenvalue weighted by molar-refractivity contribution is 4.50. The van der Waals surface area contributed by atoms with Gasteiger partial charge in [-0.1, -0.05) is 26.7 Å². The Hall–Kier alpha value is -0.110. The average molecular weight is 175 g/mol. The smallest absolute Gasteiger partial charge is 0.0906 e. The average Bonchev–Trinajstić information content (AvgIpc) is 2.02. The minimum absolute atomic E-state index is 0.195. The Balaban J connectivity index is 2.82. The first kappa shape index (κ1) is 11.9. The van der Waals surface area contributed by atoms with E-state index in [2.05, 4.69) is 19.2 Å². The lowest BCUT2D eigenvalue weighted by Gasteiger charge is -2.04. The number of rotatable bonds is 8. The van der Waals surface area contributed by atoms with Gasteiger partial charge in [0.1, 0.15) is 0 Å². The zero-order valence-corrected chi connectivity index (χ0v) is 8.41. The van der Waals surface area contributed by atoms with Gasteiger partial charge in [0.15, 0.2) is 0 Å². The molecule has 0 saturated carbocycles. The van der Waals surface area contributed by atoms with Gasteiger partial charge in [0.05, 0.1) is 6.67 Å². The van der Waals surface area contributed by atoms with Crippen molar-refractivity contribution >= 4 is 0 Å². The first-order valence-corrected chi connectivity index (χ1v) is 5.04. The summed E-state index contributed by atoms with van der Waals surface area (Å²) in [5.41, 5.74) is 0. The van der Waals surface area contributed by atoms with Crippen LogP contribution in [0.15, 0.2) is 0 Å². The molecule has 0 aliphatic carbocycles. The first-order valence-electron chi connectivity index (χ1n) is 5.04. The molecule has 0 heterocycles. The summed E-state index contributed by atoms with van der Waals surface area (Å²) in [6, 6.07) is 0. The van der Waals surface area contributed by atoms with E-state index in [9.17, 15) is 4.39 Å². The molecule has 2 heteroatoms. The van der Waals surface area contributed by atoms with Crippen LogP contribution in [-0.4, -0.2) is 19.8 Å². The molecular formula is C10H22FN. The van der Waals surface area contributed by atoms with E-state index in [0.29, 0.717) is 6.42 Å². The number of hydrogen-bond acceptors (Lipinski definition) is 1. The van der Waals surface area contributed by atoms with E-state index >= 15 is 0 Å². The van der Waals surface area contributed by atoms with Crippen LogP contribution in [0.2, 0.25) is 0 Å². The third-order valence-electron chi connectivity index (χ3n) is 1.87. The van der Waals surface area contributed by atoms with Gasteiger partial charge in [-0.3, -0.25) is 4.39 Å². The quantitative estimate of drug-likeness (QED) is 0.559. The van der Waals surface area contributed by atoms with Crippen molar-refractivity contribution in [3.63, 3.8) is 0 Å². The Morgan fingerprint density at radius 2 is 1.75 bits per heavy atom. The Morgan fingerprint density at radius 3 is 2.33 bits per heavy atom. The summed E-state index contributed by atoms with van der Waals surface area (Å²) in [4.78, 5) is 0. The van der Waals surface area contributed by atoms with Crippen molar-refractivity contribution < 1.29 is 4.39 Å². The fourth-order valence-electron chi connectivity index (χ4n) is 1.12. The SMILES string of the molecule is CC(C)CCCCNCCCF. The molecule has 12 heavy (non-hydrogen) atoms. The van der Waals surface area contributed by atoms with Crippen LogP contribution < -0.4 is 5.32 Å². The van der Waals surface area contributed by atoms with Gasteiger partial charge in [0.25, 0.3) is 0 Å². The molecule has 0 spiro atoms. The largest absolute Gasteiger partial charge is 0.317 e. The summed E-state index contributed by atoms with van der Waals surface area (Å²) in [7, 11) is 0. The number of unbranched alkanes of at least 4 members (excludes halogenated alkanes) is 1. The molecular weight excluding hydrogens is 153 g/mol. The highest BCUT2D eigenvalue weighted by Gasteiger charge is 1.93. The second-order valence-corrected chi connectivity index (χ2v) is 3.68. The Bertz CT molecular complexity index is 83.9. The molecule has 0 fully saturated rings. The van der Waals surface area contributed by atoms with Crippen molar-refractivity contribution in [1.29, 1.82) is 0 Å². The standard InChI is InChI=1S/C10H22FN/c1-10(2)6-3-4-8-12-9-5-7-11/h10,12H,3-9H2,1-2H3. The number of halogens is 1. The Kier molecular flexibility index (Phi) is 8.90. The third-order valence-corrected chi connectivity index (χ3v) is 1.87. The minimum atomic E-state index is -0.195. The van der Waals surface area contributed by atoms with Crippen LogP contribution in [0.4, 0.5) is 4.39 Å². The summed E-state index contributed by atoms with van der Waals surface area (Å²) >= 11 is 0. The van der Waals surface area contributed by atoms with Crippen LogP contribution in [0.5, 0.6) is 0 Å². The molecule has 0 radical (unpaired) electrons. The van der Waals surface area contributed by atoms with Crippen LogP contribution in [0.25, 0.3) is 0 Å². The Morgan fingerprint density at radius 1 is 1.08 bits per heavy atom. The van der Waals surface area contributed by atoms with Crippen LogP contribution in [0.1, 0.15) is 39.5 Å². The van der Waals surface area contributed by atoms with E-state index < -0.39 is 0 Å². The van der Waals surface area contributed by atoms with Gasteiger partial charge in [-0.25, -0.2) is 0 Å². The van der Waals surface area contributed by atoms with E-state index in [1.165, 1.54) is 19.3 Å². The van der Waals surface area contributed by atoms with Crippen molar-refractivity contribution in [1.82, 2.24) is 5.32 Å². The molecule has 0 aliphatic heterocycles. The summed E-state index contributed by atoms with van der Waals surface area (Å²) in [5, 5.41) is 3.22. The molecule has 0 atom stereocenters. The Labute approximate surface area is 75.7 Å².